The molecule has 2 heterocycles. The summed E-state index contributed by atoms with van der Waals surface area (Å²) >= 11 is 9.62. The zero-order chi connectivity index (χ0) is 19.9. The molecule has 0 aliphatic carbocycles. The second-order valence-corrected chi connectivity index (χ2v) is 8.25. The molecule has 10 heteroatoms. The monoisotopic (exact) mass is 458 g/mol. The van der Waals surface area contributed by atoms with Crippen LogP contribution in [0.2, 0.25) is 5.02 Å². The Morgan fingerprint density at radius 2 is 1.81 bits per heavy atom. The summed E-state index contributed by atoms with van der Waals surface area (Å²) in [4.78, 5) is 39.7. The molecular weight excluding hydrogens is 440 g/mol. The Bertz CT molecular complexity index is 1010. The molecule has 0 unspecified atom stereocenters. The average molecular weight is 460 g/mol. The lowest BCUT2D eigenvalue weighted by molar-refractivity contribution is 0.0748. The lowest BCUT2D eigenvalue weighted by Gasteiger charge is -2.37. The van der Waals surface area contributed by atoms with Crippen molar-refractivity contribution in [2.75, 3.05) is 33.7 Å². The Hall–Kier alpha value is -1.84. The van der Waals surface area contributed by atoms with Gasteiger partial charge in [-0.15, -0.1) is 0 Å². The predicted molar refractivity (Wildman–Crippen MR) is 107 cm³/mol. The van der Waals surface area contributed by atoms with Gasteiger partial charge in [-0.1, -0.05) is 11.6 Å². The van der Waals surface area contributed by atoms with Crippen molar-refractivity contribution in [2.45, 2.75) is 13.1 Å². The van der Waals surface area contributed by atoms with Crippen molar-refractivity contribution >= 4 is 44.7 Å². The topological polar surface area (TPSA) is 87.8 Å². The van der Waals surface area contributed by atoms with E-state index in [0.717, 1.165) is 0 Å². The predicted octanol–water partition coefficient (Wildman–Crippen LogP) is 1.75. The summed E-state index contributed by atoms with van der Waals surface area (Å²) in [6, 6.07) is 3.41. The van der Waals surface area contributed by atoms with Crippen LogP contribution in [0.4, 0.5) is 4.79 Å². The quantitative estimate of drug-likeness (QED) is 0.688. The SMILES string of the molecule is CN(C)CCn1c(=O)c(=O)n(CC2CN(C(=O)O)C2)c2cc(Cl)c(Br)cc21. The first-order valence-electron chi connectivity index (χ1n) is 8.44. The molecule has 0 radical (unpaired) electrons. The van der Waals surface area contributed by atoms with Crippen LogP contribution >= 0.6 is 27.5 Å². The summed E-state index contributed by atoms with van der Waals surface area (Å²) in [5.74, 6) is -0.0125. The van der Waals surface area contributed by atoms with Crippen molar-refractivity contribution in [1.82, 2.24) is 18.9 Å². The number of benzene rings is 1. The number of hydrogen-bond acceptors (Lipinski definition) is 4. The van der Waals surface area contributed by atoms with E-state index in [0.29, 0.717) is 46.7 Å². The van der Waals surface area contributed by atoms with E-state index in [2.05, 4.69) is 15.9 Å². The van der Waals surface area contributed by atoms with E-state index in [1.165, 1.54) is 14.0 Å². The van der Waals surface area contributed by atoms with Gasteiger partial charge in [0.2, 0.25) is 0 Å². The zero-order valence-electron chi connectivity index (χ0n) is 15.0. The number of nitrogens with zero attached hydrogens (tertiary/aromatic N) is 4. The van der Waals surface area contributed by atoms with E-state index >= 15 is 0 Å². The van der Waals surface area contributed by atoms with Gasteiger partial charge in [-0.05, 0) is 42.2 Å². The van der Waals surface area contributed by atoms with E-state index < -0.39 is 17.2 Å². The third-order valence-electron chi connectivity index (χ3n) is 4.71. The molecule has 1 amide bonds. The minimum absolute atomic E-state index is 0.0125. The van der Waals surface area contributed by atoms with Crippen LogP contribution in [-0.2, 0) is 13.1 Å². The van der Waals surface area contributed by atoms with Crippen molar-refractivity contribution in [3.8, 4) is 0 Å². The van der Waals surface area contributed by atoms with Crippen LogP contribution in [0, 0.1) is 5.92 Å². The number of amides is 1. The molecule has 1 saturated heterocycles. The van der Waals surface area contributed by atoms with Gasteiger partial charge in [0.1, 0.15) is 0 Å². The van der Waals surface area contributed by atoms with Gasteiger partial charge in [-0.2, -0.15) is 0 Å². The maximum atomic E-state index is 12.8. The maximum absolute atomic E-state index is 12.8. The molecule has 0 bridgehead atoms. The average Bonchev–Trinajstić information content (AvgIpc) is 2.54. The van der Waals surface area contributed by atoms with Crippen LogP contribution in [0.15, 0.2) is 26.2 Å². The summed E-state index contributed by atoms with van der Waals surface area (Å²) in [7, 11) is 3.79. The molecule has 0 spiro atoms. The first-order chi connectivity index (χ1) is 12.7. The van der Waals surface area contributed by atoms with Crippen LogP contribution in [0.5, 0.6) is 0 Å². The van der Waals surface area contributed by atoms with Crippen LogP contribution < -0.4 is 11.1 Å². The molecular formula is C17H20BrClN4O4. The number of carboxylic acid groups (broad SMARTS) is 1. The van der Waals surface area contributed by atoms with Crippen molar-refractivity contribution in [2.24, 2.45) is 5.92 Å². The Morgan fingerprint density at radius 1 is 1.22 bits per heavy atom. The number of carbonyl (C=O) groups is 1. The lowest BCUT2D eigenvalue weighted by atomic mass is 10.0. The number of likely N-dealkylation sites (N-methyl/N-ethyl adjacent to an activating group) is 1. The van der Waals surface area contributed by atoms with E-state index in [1.807, 2.05) is 19.0 Å². The Labute approximate surface area is 168 Å². The highest BCUT2D eigenvalue weighted by Crippen LogP contribution is 2.28. The molecule has 2 aromatic rings. The van der Waals surface area contributed by atoms with Crippen LogP contribution in [0.3, 0.4) is 0 Å². The second-order valence-electron chi connectivity index (χ2n) is 6.98. The summed E-state index contributed by atoms with van der Waals surface area (Å²) in [6.07, 6.45) is -0.977. The van der Waals surface area contributed by atoms with Gasteiger partial charge >= 0.3 is 17.2 Å². The van der Waals surface area contributed by atoms with Crippen LogP contribution in [-0.4, -0.2) is 63.9 Å². The van der Waals surface area contributed by atoms with Gasteiger partial charge in [0.25, 0.3) is 0 Å². The number of aromatic nitrogens is 2. The number of fused-ring (bicyclic) bond motifs is 1. The first-order valence-corrected chi connectivity index (χ1v) is 9.61. The largest absolute Gasteiger partial charge is 0.465 e. The highest BCUT2D eigenvalue weighted by Gasteiger charge is 2.31. The fraction of sp³-hybridized carbons (Fsp3) is 0.471. The number of rotatable bonds is 5. The molecule has 27 heavy (non-hydrogen) atoms. The van der Waals surface area contributed by atoms with Crippen molar-refractivity contribution in [1.29, 1.82) is 0 Å². The zero-order valence-corrected chi connectivity index (χ0v) is 17.3. The van der Waals surface area contributed by atoms with Crippen molar-refractivity contribution < 1.29 is 9.90 Å². The summed E-state index contributed by atoms with van der Waals surface area (Å²) in [6.45, 7) is 1.95. The molecule has 1 aromatic carbocycles. The number of hydrogen-bond donors (Lipinski definition) is 1. The van der Waals surface area contributed by atoms with Crippen LogP contribution in [0.1, 0.15) is 0 Å². The molecule has 1 fully saturated rings. The lowest BCUT2D eigenvalue weighted by Crippen LogP contribution is -2.52. The highest BCUT2D eigenvalue weighted by atomic mass is 79.9. The van der Waals surface area contributed by atoms with Crippen molar-refractivity contribution in [3.05, 3.63) is 42.3 Å². The normalized spacial score (nSPS) is 14.8. The van der Waals surface area contributed by atoms with E-state index in [-0.39, 0.29) is 12.5 Å². The standard InChI is InChI=1S/C17H20BrClN4O4/c1-20(2)3-4-22-13-5-11(18)12(19)6-14(13)23(16(25)15(22)24)9-10-7-21(8-10)17(26)27/h5-6,10H,3-4,7-9H2,1-2H3,(H,26,27). The first kappa shape index (κ1) is 19.9. The van der Waals surface area contributed by atoms with Crippen molar-refractivity contribution in [3.63, 3.8) is 0 Å². The Balaban J connectivity index is 2.08. The minimum Gasteiger partial charge on any atom is -0.465 e. The van der Waals surface area contributed by atoms with Gasteiger partial charge in [-0.25, -0.2) is 4.79 Å². The van der Waals surface area contributed by atoms with Gasteiger partial charge < -0.3 is 24.0 Å². The van der Waals surface area contributed by atoms with Gasteiger partial charge in [0.05, 0.1) is 16.1 Å². The summed E-state index contributed by atoms with van der Waals surface area (Å²) in [5, 5.41) is 9.41. The van der Waals surface area contributed by atoms with E-state index in [1.54, 1.807) is 12.1 Å². The second kappa shape index (κ2) is 7.65. The fourth-order valence-electron chi connectivity index (χ4n) is 3.21. The molecule has 0 atom stereocenters. The Morgan fingerprint density at radius 3 is 2.41 bits per heavy atom. The molecule has 3 rings (SSSR count). The van der Waals surface area contributed by atoms with E-state index in [9.17, 15) is 14.4 Å². The molecule has 0 saturated carbocycles. The molecule has 1 N–H and O–H groups in total. The van der Waals surface area contributed by atoms with E-state index in [4.69, 9.17) is 16.7 Å². The van der Waals surface area contributed by atoms with Gasteiger partial charge in [0.15, 0.2) is 0 Å². The third kappa shape index (κ3) is 3.90. The molecule has 1 aliphatic rings. The summed E-state index contributed by atoms with van der Waals surface area (Å²) < 4.78 is 3.53. The summed E-state index contributed by atoms with van der Waals surface area (Å²) in [5.41, 5.74) is -0.0196. The molecule has 1 aliphatic heterocycles. The smallest absolute Gasteiger partial charge is 0.407 e. The van der Waals surface area contributed by atoms with Gasteiger partial charge in [-0.3, -0.25) is 9.59 Å². The number of likely N-dealkylation sites (tertiary alicyclic amines) is 1. The Kier molecular flexibility index (Phi) is 5.64. The minimum atomic E-state index is -0.977. The van der Waals surface area contributed by atoms with Crippen LogP contribution in [0.25, 0.3) is 11.0 Å². The molecule has 146 valence electrons. The van der Waals surface area contributed by atoms with Gasteiger partial charge in [0, 0.05) is 43.1 Å². The highest BCUT2D eigenvalue weighted by molar-refractivity contribution is 9.10. The maximum Gasteiger partial charge on any atom is 0.407 e. The molecule has 8 nitrogen and oxygen atoms in total. The fourth-order valence-corrected chi connectivity index (χ4v) is 3.70. The third-order valence-corrected chi connectivity index (χ3v) is 5.91. The molecule has 1 aromatic heterocycles. The number of halogens is 2.